The standard InChI is InChI=1S/C40H66N7O18P3S/c1-6-7-11-14-27-25(2)26(3)28(62-27)15-12-9-8-10-13-16-31(49)69-20-19-42-30(48)17-18-43-38(52)35(51)40(4,5)22-61-68(58,59)65-67(56,57)60-21-29-34(64-66(53,54)55)33(50)39(63-29)47-24-46-32-36(41)44-23-45-37(32)47/h23-24,29,33-35,39,50-51H,6-22H2,1-5H3,(H,42,48)(H,43,52)(H,56,57)(H,58,59)(H2,41,44,45)(H2,53,54,55). The minimum absolute atomic E-state index is 0.0311. The number of anilines is 1. The Balaban J connectivity index is 1.09. The number of amides is 2. The van der Waals surface area contributed by atoms with Gasteiger partial charge in [0.05, 0.1) is 19.5 Å². The summed E-state index contributed by atoms with van der Waals surface area (Å²) in [6, 6.07) is 0. The van der Waals surface area contributed by atoms with Gasteiger partial charge in [0, 0.05) is 49.9 Å². The number of phosphoric ester groups is 3. The number of hydrogen-bond donors (Lipinski definition) is 9. The first-order valence-corrected chi connectivity index (χ1v) is 28.0. The summed E-state index contributed by atoms with van der Waals surface area (Å²) < 4.78 is 68.6. The predicted octanol–water partition coefficient (Wildman–Crippen LogP) is 4.19. The quantitative estimate of drug-likeness (QED) is 0.0322. The van der Waals surface area contributed by atoms with Gasteiger partial charge < -0.3 is 55.3 Å². The number of unbranched alkanes of at least 4 members (excludes halogenated alkanes) is 6. The molecule has 390 valence electrons. The van der Waals surface area contributed by atoms with Gasteiger partial charge in [0.1, 0.15) is 47.8 Å². The fraction of sp³-hybridized carbons (Fsp3) is 0.700. The molecule has 3 aromatic rings. The number of nitrogens with zero attached hydrogens (tertiary/aromatic N) is 4. The first-order valence-electron chi connectivity index (χ1n) is 22.5. The van der Waals surface area contributed by atoms with Crippen LogP contribution in [0.15, 0.2) is 17.1 Å². The highest BCUT2D eigenvalue weighted by molar-refractivity contribution is 8.13. The van der Waals surface area contributed by atoms with Crippen LogP contribution in [0.5, 0.6) is 0 Å². The molecule has 4 heterocycles. The lowest BCUT2D eigenvalue weighted by atomic mass is 9.87. The van der Waals surface area contributed by atoms with Gasteiger partial charge in [0.2, 0.25) is 11.8 Å². The van der Waals surface area contributed by atoms with Gasteiger partial charge in [0.25, 0.3) is 0 Å². The molecular weight excluding hydrogens is 991 g/mol. The Labute approximate surface area is 403 Å². The van der Waals surface area contributed by atoms with Crippen molar-refractivity contribution in [1.29, 1.82) is 0 Å². The number of rotatable bonds is 31. The Hall–Kier alpha value is -3.16. The summed E-state index contributed by atoms with van der Waals surface area (Å²) in [4.78, 5) is 88.6. The maximum atomic E-state index is 12.8. The molecule has 4 rings (SSSR count). The topological polar surface area (TPSA) is 377 Å². The van der Waals surface area contributed by atoms with Crippen LogP contribution in [0.4, 0.5) is 5.82 Å². The fourth-order valence-electron chi connectivity index (χ4n) is 7.19. The number of ether oxygens (including phenoxy) is 1. The van der Waals surface area contributed by atoms with Crippen LogP contribution in [0.2, 0.25) is 0 Å². The summed E-state index contributed by atoms with van der Waals surface area (Å²) in [6.45, 7) is 6.99. The lowest BCUT2D eigenvalue weighted by Gasteiger charge is -2.30. The van der Waals surface area contributed by atoms with Crippen molar-refractivity contribution >= 4 is 69.1 Å². The molecule has 1 aliphatic rings. The van der Waals surface area contributed by atoms with Crippen LogP contribution in [0.25, 0.3) is 11.2 Å². The summed E-state index contributed by atoms with van der Waals surface area (Å²) in [5, 5.41) is 26.7. The van der Waals surface area contributed by atoms with Crippen LogP contribution in [-0.4, -0.2) is 123 Å². The Bertz CT molecular complexity index is 2330. The average Bonchev–Trinajstić information content (AvgIpc) is 3.92. The lowest BCUT2D eigenvalue weighted by molar-refractivity contribution is -0.137. The van der Waals surface area contributed by atoms with Crippen LogP contribution in [-0.2, 0) is 63.5 Å². The Morgan fingerprint density at radius 1 is 0.899 bits per heavy atom. The number of nitrogen functional groups attached to an aromatic ring is 1. The number of nitrogens with one attached hydrogen (secondary N) is 2. The van der Waals surface area contributed by atoms with Crippen LogP contribution >= 0.6 is 35.2 Å². The van der Waals surface area contributed by atoms with E-state index in [4.69, 9.17) is 23.9 Å². The highest BCUT2D eigenvalue weighted by Crippen LogP contribution is 2.61. The molecule has 0 spiro atoms. The zero-order valence-corrected chi connectivity index (χ0v) is 42.8. The maximum absolute atomic E-state index is 12.8. The van der Waals surface area contributed by atoms with Crippen molar-refractivity contribution in [2.24, 2.45) is 5.41 Å². The highest BCUT2D eigenvalue weighted by Gasteiger charge is 2.50. The predicted molar refractivity (Wildman–Crippen MR) is 250 cm³/mol. The van der Waals surface area contributed by atoms with E-state index in [9.17, 15) is 57.9 Å². The zero-order valence-electron chi connectivity index (χ0n) is 39.3. The van der Waals surface area contributed by atoms with Crippen molar-refractivity contribution in [1.82, 2.24) is 30.2 Å². The molecule has 0 aliphatic carbocycles. The SMILES string of the molecule is CCCCCc1oc(CCCCCCCC(=O)SCCNC(=O)CCNC(=O)C(O)C(C)(C)COP(=O)(O)OP(=O)(O)OCC2OC(n3cnc4c(N)ncnc43)C(O)C2OP(=O)(O)O)c(C)c1C. The first kappa shape index (κ1) is 58.4. The van der Waals surface area contributed by atoms with Crippen molar-refractivity contribution in [3.63, 3.8) is 0 Å². The minimum atomic E-state index is -5.58. The van der Waals surface area contributed by atoms with E-state index in [0.717, 1.165) is 91.9 Å². The number of carbonyl (C=O) groups is 3. The molecule has 29 heteroatoms. The van der Waals surface area contributed by atoms with Crippen LogP contribution < -0.4 is 16.4 Å². The minimum Gasteiger partial charge on any atom is -0.466 e. The number of furan rings is 1. The molecule has 0 radical (unpaired) electrons. The third kappa shape index (κ3) is 18.4. The number of aryl methyl sites for hydroxylation is 2. The van der Waals surface area contributed by atoms with Crippen LogP contribution in [0, 0.1) is 19.3 Å². The third-order valence-electron chi connectivity index (χ3n) is 11.2. The largest absolute Gasteiger partial charge is 0.481 e. The van der Waals surface area contributed by atoms with Crippen molar-refractivity contribution in [2.75, 3.05) is 37.8 Å². The number of nitrogens with two attached hydrogens (primary N) is 1. The number of aliphatic hydroxyl groups excluding tert-OH is 2. The van der Waals surface area contributed by atoms with Gasteiger partial charge in [-0.05, 0) is 44.2 Å². The molecule has 1 fully saturated rings. The molecule has 1 aliphatic heterocycles. The van der Waals surface area contributed by atoms with Gasteiger partial charge in [-0.15, -0.1) is 0 Å². The molecule has 69 heavy (non-hydrogen) atoms. The number of hydrogen-bond acceptors (Lipinski definition) is 19. The molecule has 7 unspecified atom stereocenters. The lowest BCUT2D eigenvalue weighted by Crippen LogP contribution is -2.46. The molecule has 3 aromatic heterocycles. The Morgan fingerprint density at radius 3 is 2.20 bits per heavy atom. The van der Waals surface area contributed by atoms with Gasteiger partial charge >= 0.3 is 23.5 Å². The molecular formula is C40H66N7O18P3S. The second-order valence-electron chi connectivity index (χ2n) is 17.2. The monoisotopic (exact) mass is 1060 g/mol. The second kappa shape index (κ2) is 26.5. The van der Waals surface area contributed by atoms with E-state index in [1.54, 1.807) is 0 Å². The second-order valence-corrected chi connectivity index (χ2v) is 22.6. The number of fused-ring (bicyclic) bond motifs is 1. The molecule has 2 amide bonds. The van der Waals surface area contributed by atoms with Crippen molar-refractivity contribution in [3.8, 4) is 0 Å². The number of aliphatic hydroxyl groups is 2. The van der Waals surface area contributed by atoms with E-state index in [2.05, 4.69) is 55.2 Å². The molecule has 10 N–H and O–H groups in total. The Kier molecular flexibility index (Phi) is 22.4. The van der Waals surface area contributed by atoms with E-state index >= 15 is 0 Å². The number of carbonyl (C=O) groups excluding carboxylic acids is 3. The summed E-state index contributed by atoms with van der Waals surface area (Å²) in [5.41, 5.74) is 6.81. The molecule has 25 nitrogen and oxygen atoms in total. The van der Waals surface area contributed by atoms with Gasteiger partial charge in [-0.2, -0.15) is 4.31 Å². The number of thioether (sulfide) groups is 1. The van der Waals surface area contributed by atoms with Gasteiger partial charge in [-0.25, -0.2) is 28.6 Å². The van der Waals surface area contributed by atoms with Crippen molar-refractivity contribution < 1.29 is 84.9 Å². The summed E-state index contributed by atoms with van der Waals surface area (Å²) >= 11 is 1.14. The van der Waals surface area contributed by atoms with E-state index in [1.165, 1.54) is 37.8 Å². The summed E-state index contributed by atoms with van der Waals surface area (Å²) in [5.74, 6) is 1.14. The summed E-state index contributed by atoms with van der Waals surface area (Å²) in [6.07, 6.45) is 3.81. The fourth-order valence-corrected chi connectivity index (χ4v) is 10.7. The Morgan fingerprint density at radius 2 is 1.54 bits per heavy atom. The van der Waals surface area contributed by atoms with Crippen molar-refractivity contribution in [2.45, 2.75) is 142 Å². The normalized spacial score (nSPS) is 19.9. The van der Waals surface area contributed by atoms with Gasteiger partial charge in [-0.3, -0.25) is 32.5 Å². The molecule has 0 saturated carbocycles. The van der Waals surface area contributed by atoms with E-state index in [1.807, 2.05) is 0 Å². The smallest absolute Gasteiger partial charge is 0.466 e. The number of phosphoric acid groups is 3. The molecule has 0 aromatic carbocycles. The highest BCUT2D eigenvalue weighted by atomic mass is 32.2. The molecule has 7 atom stereocenters. The van der Waals surface area contributed by atoms with E-state index in [-0.39, 0.29) is 41.6 Å². The van der Waals surface area contributed by atoms with Crippen LogP contribution in [0.1, 0.15) is 114 Å². The maximum Gasteiger partial charge on any atom is 0.481 e. The van der Waals surface area contributed by atoms with Crippen molar-refractivity contribution in [3.05, 3.63) is 35.3 Å². The number of aromatic nitrogens is 4. The van der Waals surface area contributed by atoms with Crippen LogP contribution in [0.3, 0.4) is 0 Å². The van der Waals surface area contributed by atoms with Gasteiger partial charge in [0.15, 0.2) is 22.8 Å². The first-order chi connectivity index (χ1) is 32.3. The van der Waals surface area contributed by atoms with E-state index < -0.39 is 84.6 Å². The van der Waals surface area contributed by atoms with Gasteiger partial charge in [-0.1, -0.05) is 64.6 Å². The third-order valence-corrected chi connectivity index (χ3v) is 15.2. The zero-order chi connectivity index (χ0) is 51.2. The number of imidazole rings is 1. The average molecular weight is 1060 g/mol. The molecule has 1 saturated heterocycles. The summed E-state index contributed by atoms with van der Waals surface area (Å²) in [7, 11) is -16.4. The van der Waals surface area contributed by atoms with E-state index in [0.29, 0.717) is 12.2 Å². The molecule has 0 bridgehead atoms.